The van der Waals surface area contributed by atoms with Gasteiger partial charge in [-0.15, -0.1) is 12.4 Å². The maximum atomic E-state index is 8.32. The van der Waals surface area contributed by atoms with Crippen LogP contribution in [0.3, 0.4) is 0 Å². The molecule has 3 N–H and O–H groups in total. The van der Waals surface area contributed by atoms with E-state index in [1.165, 1.54) is 0 Å². The van der Waals surface area contributed by atoms with Crippen molar-refractivity contribution in [2.45, 2.75) is 0 Å². The summed E-state index contributed by atoms with van der Waals surface area (Å²) in [5, 5.41) is 12.1. The Morgan fingerprint density at radius 2 is 2.25 bits per heavy atom. The van der Waals surface area contributed by atoms with Crippen LogP contribution in [0, 0.1) is 0 Å². The summed E-state index contributed by atoms with van der Waals surface area (Å²) in [6, 6.07) is 7.28. The van der Waals surface area contributed by atoms with Crippen molar-refractivity contribution in [2.24, 2.45) is 10.9 Å². The average molecular weight is 243 g/mol. The van der Waals surface area contributed by atoms with Crippen molar-refractivity contribution in [3.63, 3.8) is 0 Å². The Balaban J connectivity index is 0.00000128. The van der Waals surface area contributed by atoms with E-state index in [2.05, 4.69) is 5.16 Å². The van der Waals surface area contributed by atoms with Crippen LogP contribution in [-0.4, -0.2) is 17.6 Å². The molecule has 0 radical (unpaired) electrons. The molecule has 0 aliphatic heterocycles. The van der Waals surface area contributed by atoms with Gasteiger partial charge in [-0.2, -0.15) is 0 Å². The first kappa shape index (κ1) is 12.2. The van der Waals surface area contributed by atoms with Gasteiger partial charge in [-0.3, -0.25) is 0 Å². The summed E-state index contributed by atoms with van der Waals surface area (Å²) in [7, 11) is 0. The van der Waals surface area contributed by atoms with Gasteiger partial charge in [0.1, 0.15) is 17.9 Å². The highest BCUT2D eigenvalue weighted by Crippen LogP contribution is 2.21. The summed E-state index contributed by atoms with van der Waals surface area (Å²) in [5.41, 5.74) is 6.01. The zero-order valence-corrected chi connectivity index (χ0v) is 9.11. The molecule has 2 rings (SSSR count). The normalized spacial score (nSPS) is 11.1. The van der Waals surface area contributed by atoms with Crippen LogP contribution in [-0.2, 0) is 0 Å². The summed E-state index contributed by atoms with van der Waals surface area (Å²) < 4.78 is 10.5. The second-order valence-electron chi connectivity index (χ2n) is 3.00. The van der Waals surface area contributed by atoms with Crippen LogP contribution in [0.2, 0.25) is 0 Å². The fraction of sp³-hybridized carbons (Fsp3) is 0.100. The van der Waals surface area contributed by atoms with E-state index in [4.69, 9.17) is 20.1 Å². The van der Waals surface area contributed by atoms with E-state index >= 15 is 0 Å². The van der Waals surface area contributed by atoms with Gasteiger partial charge in [0, 0.05) is 11.5 Å². The minimum absolute atomic E-state index is 0. The van der Waals surface area contributed by atoms with E-state index in [1.807, 2.05) is 12.1 Å². The molecule has 0 unspecified atom stereocenters. The molecule has 0 saturated heterocycles. The molecule has 0 fully saturated rings. The van der Waals surface area contributed by atoms with Gasteiger partial charge in [-0.25, -0.2) is 0 Å². The number of nitrogens with zero attached hydrogens (tertiary/aromatic N) is 1. The summed E-state index contributed by atoms with van der Waals surface area (Å²) in [6.45, 7) is 0.0444. The number of rotatable bonds is 3. The number of hydrogen-bond donors (Lipinski definition) is 2. The van der Waals surface area contributed by atoms with Crippen LogP contribution in [0.15, 0.2) is 40.1 Å². The predicted molar refractivity (Wildman–Crippen MR) is 62.4 cm³/mol. The van der Waals surface area contributed by atoms with Gasteiger partial charge in [0.15, 0.2) is 5.84 Å². The molecule has 0 atom stereocenters. The van der Waals surface area contributed by atoms with Crippen molar-refractivity contribution >= 4 is 29.2 Å². The van der Waals surface area contributed by atoms with Crippen LogP contribution in [0.5, 0.6) is 5.75 Å². The molecule has 86 valence electrons. The monoisotopic (exact) mass is 242 g/mol. The number of nitrogens with two attached hydrogens (primary N) is 1. The second kappa shape index (κ2) is 5.27. The molecule has 1 aromatic heterocycles. The van der Waals surface area contributed by atoms with Gasteiger partial charge < -0.3 is 20.1 Å². The highest BCUT2D eigenvalue weighted by molar-refractivity contribution is 5.85. The Labute approximate surface area is 97.9 Å². The van der Waals surface area contributed by atoms with Crippen LogP contribution in [0.4, 0.5) is 0 Å². The topological polar surface area (TPSA) is 81.0 Å². The van der Waals surface area contributed by atoms with E-state index in [9.17, 15) is 0 Å². The molecule has 1 heterocycles. The lowest BCUT2D eigenvalue weighted by molar-refractivity contribution is 0.306. The Morgan fingerprint density at radius 3 is 3.00 bits per heavy atom. The molecule has 0 bridgehead atoms. The van der Waals surface area contributed by atoms with E-state index in [0.717, 1.165) is 11.0 Å². The van der Waals surface area contributed by atoms with E-state index < -0.39 is 0 Å². The number of halogens is 1. The molecule has 2 aromatic rings. The predicted octanol–water partition coefficient (Wildman–Crippen LogP) is 1.98. The molecule has 1 aromatic carbocycles. The minimum atomic E-state index is 0. The van der Waals surface area contributed by atoms with Crippen molar-refractivity contribution in [1.29, 1.82) is 0 Å². The Hall–Kier alpha value is -1.88. The maximum Gasteiger partial charge on any atom is 0.177 e. The van der Waals surface area contributed by atoms with E-state index in [-0.39, 0.29) is 24.8 Å². The smallest absolute Gasteiger partial charge is 0.177 e. The molecule has 5 nitrogen and oxygen atoms in total. The summed E-state index contributed by atoms with van der Waals surface area (Å²) in [6.07, 6.45) is 1.61. The van der Waals surface area contributed by atoms with E-state index in [0.29, 0.717) is 5.75 Å². The van der Waals surface area contributed by atoms with Gasteiger partial charge in [0.25, 0.3) is 0 Å². The molecule has 0 aliphatic carbocycles. The molecular formula is C10H11ClN2O3. The molecule has 0 spiro atoms. The molecule has 16 heavy (non-hydrogen) atoms. The van der Waals surface area contributed by atoms with Crippen LogP contribution in [0.1, 0.15) is 0 Å². The zero-order valence-electron chi connectivity index (χ0n) is 8.29. The van der Waals surface area contributed by atoms with Crippen LogP contribution in [0.25, 0.3) is 11.0 Å². The Morgan fingerprint density at radius 1 is 1.44 bits per heavy atom. The van der Waals surface area contributed by atoms with Crippen molar-refractivity contribution in [2.75, 3.05) is 6.61 Å². The molecule has 0 saturated carbocycles. The lowest BCUT2D eigenvalue weighted by atomic mass is 10.2. The third-order valence-corrected chi connectivity index (χ3v) is 1.94. The maximum absolute atomic E-state index is 8.32. The third kappa shape index (κ3) is 2.58. The standard InChI is InChI=1S/C10H10N2O3.ClH/c11-10(12-13)6-15-8-2-1-7-3-4-14-9(7)5-8;/h1-5,13H,6H2,(H2,11,12);1H. The highest BCUT2D eigenvalue weighted by Gasteiger charge is 2.00. The molecule has 0 amide bonds. The summed E-state index contributed by atoms with van der Waals surface area (Å²) >= 11 is 0. The van der Waals surface area contributed by atoms with E-state index in [1.54, 1.807) is 18.4 Å². The second-order valence-corrected chi connectivity index (χ2v) is 3.00. The van der Waals surface area contributed by atoms with Crippen molar-refractivity contribution in [1.82, 2.24) is 0 Å². The number of ether oxygens (including phenoxy) is 1. The molecular weight excluding hydrogens is 232 g/mol. The Bertz CT molecular complexity index is 496. The molecule has 0 aliphatic rings. The quantitative estimate of drug-likeness (QED) is 0.373. The van der Waals surface area contributed by atoms with Crippen molar-refractivity contribution in [3.8, 4) is 5.75 Å². The summed E-state index contributed by atoms with van der Waals surface area (Å²) in [5.74, 6) is 0.638. The van der Waals surface area contributed by atoms with Gasteiger partial charge in [-0.05, 0) is 18.2 Å². The fourth-order valence-electron chi connectivity index (χ4n) is 1.21. The third-order valence-electron chi connectivity index (χ3n) is 1.94. The SMILES string of the molecule is Cl.NC(COc1ccc2ccoc2c1)=NO. The minimum Gasteiger partial charge on any atom is -0.485 e. The summed E-state index contributed by atoms with van der Waals surface area (Å²) in [4.78, 5) is 0. The number of amidine groups is 1. The van der Waals surface area contributed by atoms with Gasteiger partial charge in [-0.1, -0.05) is 5.16 Å². The van der Waals surface area contributed by atoms with Gasteiger partial charge >= 0.3 is 0 Å². The van der Waals surface area contributed by atoms with Crippen molar-refractivity contribution < 1.29 is 14.4 Å². The lowest BCUT2D eigenvalue weighted by Crippen LogP contribution is -2.20. The van der Waals surface area contributed by atoms with Gasteiger partial charge in [0.05, 0.1) is 6.26 Å². The van der Waals surface area contributed by atoms with Gasteiger partial charge in [0.2, 0.25) is 0 Å². The Kier molecular flexibility index (Phi) is 4.02. The van der Waals surface area contributed by atoms with Crippen LogP contribution >= 0.6 is 12.4 Å². The number of fused-ring (bicyclic) bond motifs is 1. The number of benzene rings is 1. The number of oxime groups is 1. The number of hydrogen-bond acceptors (Lipinski definition) is 4. The average Bonchev–Trinajstić information content (AvgIpc) is 2.72. The fourth-order valence-corrected chi connectivity index (χ4v) is 1.21. The first-order chi connectivity index (χ1) is 7.29. The van der Waals surface area contributed by atoms with Crippen molar-refractivity contribution in [3.05, 3.63) is 30.5 Å². The first-order valence-electron chi connectivity index (χ1n) is 4.36. The molecule has 6 heteroatoms. The first-order valence-corrected chi connectivity index (χ1v) is 4.36. The largest absolute Gasteiger partial charge is 0.485 e. The highest BCUT2D eigenvalue weighted by atomic mass is 35.5. The zero-order chi connectivity index (χ0) is 10.7. The van der Waals surface area contributed by atoms with Crippen LogP contribution < -0.4 is 10.5 Å². The lowest BCUT2D eigenvalue weighted by Gasteiger charge is -2.03. The number of furan rings is 1.